The van der Waals surface area contributed by atoms with Gasteiger partial charge in [-0.05, 0) is 54.4 Å². The topological polar surface area (TPSA) is 143 Å². The lowest BCUT2D eigenvalue weighted by molar-refractivity contribution is -0.274. The fourth-order valence-corrected chi connectivity index (χ4v) is 3.90. The van der Waals surface area contributed by atoms with Crippen molar-refractivity contribution < 1.29 is 36.9 Å². The Morgan fingerprint density at radius 1 is 1.12 bits per heavy atom. The van der Waals surface area contributed by atoms with E-state index >= 15 is 0 Å². The molecular formula is C28H26F4N6O4S. The molecule has 3 rings (SSSR count). The molecule has 1 unspecified atom stereocenters. The largest absolute Gasteiger partial charge is 0.573 e. The van der Waals surface area contributed by atoms with Gasteiger partial charge in [0.05, 0.1) is 30.8 Å². The number of hydrazone groups is 1. The summed E-state index contributed by atoms with van der Waals surface area (Å²) in [5, 5.41) is 13.4. The zero-order chi connectivity index (χ0) is 31.4. The van der Waals surface area contributed by atoms with Crippen LogP contribution in [0.5, 0.6) is 11.5 Å². The number of carboxylic acid groups (broad SMARTS) is 1. The van der Waals surface area contributed by atoms with Crippen LogP contribution in [0.1, 0.15) is 29.7 Å². The number of benzene rings is 3. The number of nitrogens with two attached hydrogens (primary N) is 1. The number of nitrogens with zero attached hydrogens (tertiary/aromatic N) is 4. The number of amidine groups is 2. The van der Waals surface area contributed by atoms with Gasteiger partial charge in [-0.15, -0.1) is 13.2 Å². The van der Waals surface area contributed by atoms with Crippen molar-refractivity contribution in [2.45, 2.75) is 19.3 Å². The predicted molar refractivity (Wildman–Crippen MR) is 158 cm³/mol. The van der Waals surface area contributed by atoms with E-state index in [9.17, 15) is 22.4 Å². The molecule has 0 aromatic heterocycles. The number of thioether (sulfide) groups is 1. The minimum atomic E-state index is -4.78. The van der Waals surface area contributed by atoms with Crippen LogP contribution in [0.15, 0.2) is 86.8 Å². The summed E-state index contributed by atoms with van der Waals surface area (Å²) in [6.07, 6.45) is -2.12. The lowest BCUT2D eigenvalue weighted by atomic mass is 10.1. The molecule has 15 heteroatoms. The van der Waals surface area contributed by atoms with Gasteiger partial charge in [0.15, 0.2) is 16.7 Å². The molecule has 0 aliphatic heterocycles. The Hall–Kier alpha value is -4.92. The van der Waals surface area contributed by atoms with Crippen molar-refractivity contribution in [1.29, 1.82) is 0 Å². The van der Waals surface area contributed by atoms with Gasteiger partial charge < -0.3 is 20.3 Å². The molecule has 0 bridgehead atoms. The van der Waals surface area contributed by atoms with Gasteiger partial charge in [0.1, 0.15) is 17.9 Å². The van der Waals surface area contributed by atoms with Crippen LogP contribution in [-0.2, 0) is 4.79 Å². The van der Waals surface area contributed by atoms with E-state index in [1.807, 2.05) is 0 Å². The standard InChI is InChI=1S/C28H26F4N6O4S/c1-17(20-7-12-24(41-2)23(29)13-20)37-27(43-15-25(39)40)38-36-14-18-3-5-19(6-4-18)26(33)35-16-34-21-8-10-22(11-9-21)42-28(30,31)32/h3-14,16-17H,15H2,1-2H3,(H,37,38)(H,39,40)(H2,33,34,35)/b36-14-. The van der Waals surface area contributed by atoms with Gasteiger partial charge in [0.2, 0.25) is 0 Å². The second-order valence-corrected chi connectivity index (χ2v) is 9.44. The summed E-state index contributed by atoms with van der Waals surface area (Å²) in [4.78, 5) is 23.6. The molecule has 3 aromatic carbocycles. The number of methoxy groups -OCH3 is 1. The molecule has 0 radical (unpaired) electrons. The van der Waals surface area contributed by atoms with Crippen LogP contribution in [0, 0.1) is 5.82 Å². The molecule has 1 atom stereocenters. The molecule has 0 heterocycles. The highest BCUT2D eigenvalue weighted by molar-refractivity contribution is 8.14. The van der Waals surface area contributed by atoms with Crippen molar-refractivity contribution in [3.05, 3.63) is 89.2 Å². The van der Waals surface area contributed by atoms with E-state index < -0.39 is 24.2 Å². The van der Waals surface area contributed by atoms with Gasteiger partial charge in [0.25, 0.3) is 0 Å². The van der Waals surface area contributed by atoms with Crippen LogP contribution in [-0.4, -0.2) is 53.9 Å². The van der Waals surface area contributed by atoms with E-state index in [1.165, 1.54) is 43.9 Å². The van der Waals surface area contributed by atoms with E-state index in [4.69, 9.17) is 15.6 Å². The molecular weight excluding hydrogens is 592 g/mol. The third kappa shape index (κ3) is 11.1. The Morgan fingerprint density at radius 2 is 1.81 bits per heavy atom. The molecule has 226 valence electrons. The zero-order valence-corrected chi connectivity index (χ0v) is 23.6. The molecule has 0 saturated carbocycles. The first-order chi connectivity index (χ1) is 20.4. The molecule has 0 saturated heterocycles. The molecule has 3 aromatic rings. The van der Waals surface area contributed by atoms with Crippen molar-refractivity contribution in [3.63, 3.8) is 0 Å². The second kappa shape index (κ2) is 15.3. The number of nitrogens with one attached hydrogen (secondary N) is 1. The molecule has 10 nitrogen and oxygen atoms in total. The first-order valence-corrected chi connectivity index (χ1v) is 13.3. The summed E-state index contributed by atoms with van der Waals surface area (Å²) < 4.78 is 59.6. The van der Waals surface area contributed by atoms with Crippen LogP contribution in [0.3, 0.4) is 0 Å². The lowest BCUT2D eigenvalue weighted by Crippen LogP contribution is -2.17. The van der Waals surface area contributed by atoms with Crippen LogP contribution in [0.4, 0.5) is 23.2 Å². The van der Waals surface area contributed by atoms with Gasteiger partial charge in [-0.25, -0.2) is 14.4 Å². The minimum Gasteiger partial charge on any atom is -0.494 e. The van der Waals surface area contributed by atoms with Crippen LogP contribution in [0.2, 0.25) is 0 Å². The second-order valence-electron chi connectivity index (χ2n) is 8.48. The fraction of sp³-hybridized carbons (Fsp3) is 0.179. The van der Waals surface area contributed by atoms with Crippen molar-refractivity contribution in [2.24, 2.45) is 25.8 Å². The third-order valence-electron chi connectivity index (χ3n) is 5.36. The van der Waals surface area contributed by atoms with Gasteiger partial charge in [-0.1, -0.05) is 42.1 Å². The molecule has 43 heavy (non-hydrogen) atoms. The minimum absolute atomic E-state index is 0.0995. The highest BCUT2D eigenvalue weighted by Crippen LogP contribution is 2.26. The molecule has 0 spiro atoms. The van der Waals surface area contributed by atoms with Gasteiger partial charge in [0, 0.05) is 5.56 Å². The van der Waals surface area contributed by atoms with Crippen LogP contribution < -0.4 is 20.6 Å². The maximum Gasteiger partial charge on any atom is 0.573 e. The quantitative estimate of drug-likeness (QED) is 0.109. The summed E-state index contributed by atoms with van der Waals surface area (Å²) in [5.41, 5.74) is 10.9. The number of ether oxygens (including phenoxy) is 2. The van der Waals surface area contributed by atoms with Crippen LogP contribution >= 0.6 is 11.8 Å². The SMILES string of the molecule is COc1ccc(C(C)N=C(N/N=C\c2ccc(C(N)=NC=Nc3ccc(OC(F)(F)F)cc3)cc2)SCC(=O)O)cc1F. The Bertz CT molecular complexity index is 1510. The third-order valence-corrected chi connectivity index (χ3v) is 6.22. The van der Waals surface area contributed by atoms with E-state index in [-0.39, 0.29) is 28.3 Å². The van der Waals surface area contributed by atoms with E-state index in [0.29, 0.717) is 22.4 Å². The summed E-state index contributed by atoms with van der Waals surface area (Å²) >= 11 is 0.926. The number of halogens is 4. The normalized spacial score (nSPS) is 13.3. The number of rotatable bonds is 11. The zero-order valence-electron chi connectivity index (χ0n) is 22.7. The van der Waals surface area contributed by atoms with E-state index in [1.54, 1.807) is 37.3 Å². The van der Waals surface area contributed by atoms with Crippen molar-refractivity contribution in [2.75, 3.05) is 12.9 Å². The lowest BCUT2D eigenvalue weighted by Gasteiger charge is -2.11. The van der Waals surface area contributed by atoms with Crippen molar-refractivity contribution >= 4 is 47.0 Å². The number of alkyl halides is 3. The summed E-state index contributed by atoms with van der Waals surface area (Å²) in [6, 6.07) is 15.7. The smallest absolute Gasteiger partial charge is 0.494 e. The molecule has 0 fully saturated rings. The highest BCUT2D eigenvalue weighted by Gasteiger charge is 2.30. The Balaban J connectivity index is 1.62. The maximum absolute atomic E-state index is 14.1. The Kier molecular flexibility index (Phi) is 11.6. The number of carbonyl (C=O) groups is 1. The molecule has 4 N–H and O–H groups in total. The summed E-state index contributed by atoms with van der Waals surface area (Å²) in [6.45, 7) is 1.73. The number of carboxylic acids is 1. The average Bonchev–Trinajstić information content (AvgIpc) is 2.96. The van der Waals surface area contributed by atoms with Gasteiger partial charge in [-0.3, -0.25) is 15.2 Å². The number of hydrogen-bond donors (Lipinski definition) is 3. The fourth-order valence-electron chi connectivity index (χ4n) is 3.29. The summed E-state index contributed by atoms with van der Waals surface area (Å²) in [5.74, 6) is -1.97. The Labute approximate surface area is 248 Å². The maximum atomic E-state index is 14.1. The first-order valence-electron chi connectivity index (χ1n) is 12.3. The van der Waals surface area contributed by atoms with Crippen molar-refractivity contribution in [3.8, 4) is 11.5 Å². The van der Waals surface area contributed by atoms with Gasteiger partial charge >= 0.3 is 12.3 Å². The van der Waals surface area contributed by atoms with E-state index in [0.717, 1.165) is 23.9 Å². The molecule has 0 aliphatic carbocycles. The van der Waals surface area contributed by atoms with Gasteiger partial charge in [-0.2, -0.15) is 5.10 Å². The monoisotopic (exact) mass is 618 g/mol. The highest BCUT2D eigenvalue weighted by atomic mass is 32.2. The molecule has 0 aliphatic rings. The summed E-state index contributed by atoms with van der Waals surface area (Å²) in [7, 11) is 1.36. The Morgan fingerprint density at radius 3 is 2.42 bits per heavy atom. The average molecular weight is 619 g/mol. The number of aliphatic carboxylic acids is 1. The first kappa shape index (κ1) is 32.6. The number of hydrogen-bond acceptors (Lipinski definition) is 7. The predicted octanol–water partition coefficient (Wildman–Crippen LogP) is 5.66. The molecule has 0 amide bonds. The number of aliphatic imine (C=N–C) groups is 3. The van der Waals surface area contributed by atoms with Crippen LogP contribution in [0.25, 0.3) is 0 Å². The van der Waals surface area contributed by atoms with E-state index in [2.05, 4.69) is 30.2 Å². The van der Waals surface area contributed by atoms with Crippen molar-refractivity contribution in [1.82, 2.24) is 5.43 Å².